The van der Waals surface area contributed by atoms with E-state index in [2.05, 4.69) is 11.9 Å². The maximum absolute atomic E-state index is 11.5. The van der Waals surface area contributed by atoms with Crippen molar-refractivity contribution in [2.75, 3.05) is 12.8 Å². The zero-order valence-electron chi connectivity index (χ0n) is 10.0. The monoisotopic (exact) mass is 250 g/mol. The second kappa shape index (κ2) is 4.33. The number of anilines is 1. The summed E-state index contributed by atoms with van der Waals surface area (Å²) in [4.78, 5) is 17.2. The summed E-state index contributed by atoms with van der Waals surface area (Å²) in [5, 5.41) is 0.845. The molecule has 2 rings (SSSR count). The summed E-state index contributed by atoms with van der Waals surface area (Å²) >= 11 is 1.28. The minimum absolute atomic E-state index is 0.402. The van der Waals surface area contributed by atoms with Gasteiger partial charge in [0.2, 0.25) is 0 Å². The predicted molar refractivity (Wildman–Crippen MR) is 69.5 cm³/mol. The number of hydrogen-bond donors (Lipinski definition) is 1. The van der Waals surface area contributed by atoms with Gasteiger partial charge in [0.1, 0.15) is 9.71 Å². The highest BCUT2D eigenvalue weighted by Crippen LogP contribution is 2.34. The Kier molecular flexibility index (Phi) is 3.02. The van der Waals surface area contributed by atoms with Gasteiger partial charge in [-0.05, 0) is 25.0 Å². The molecule has 0 unspecified atom stereocenters. The van der Waals surface area contributed by atoms with Gasteiger partial charge >= 0.3 is 5.97 Å². The molecule has 0 atom stereocenters. The molecule has 90 valence electrons. The van der Waals surface area contributed by atoms with Crippen molar-refractivity contribution < 1.29 is 9.53 Å². The fourth-order valence-electron chi connectivity index (χ4n) is 1.77. The van der Waals surface area contributed by atoms with E-state index in [0.717, 1.165) is 27.9 Å². The van der Waals surface area contributed by atoms with Gasteiger partial charge in [0.05, 0.1) is 12.8 Å². The lowest BCUT2D eigenvalue weighted by Gasteiger charge is -2.02. The Morgan fingerprint density at radius 1 is 1.59 bits per heavy atom. The lowest BCUT2D eigenvalue weighted by Crippen LogP contribution is -2.01. The number of pyridine rings is 1. The first-order chi connectivity index (χ1) is 8.08. The van der Waals surface area contributed by atoms with E-state index in [1.165, 1.54) is 18.4 Å². The van der Waals surface area contributed by atoms with Crippen LogP contribution in [0.25, 0.3) is 10.2 Å². The fourth-order valence-corrected chi connectivity index (χ4v) is 2.81. The van der Waals surface area contributed by atoms with Crippen LogP contribution in [0.2, 0.25) is 0 Å². The van der Waals surface area contributed by atoms with Crippen molar-refractivity contribution in [1.29, 1.82) is 0 Å². The van der Waals surface area contributed by atoms with Crippen molar-refractivity contribution in [1.82, 2.24) is 4.98 Å². The Labute approximate surface area is 103 Å². The van der Waals surface area contributed by atoms with Crippen LogP contribution in [0, 0.1) is 6.92 Å². The first-order valence-electron chi connectivity index (χ1n) is 5.35. The van der Waals surface area contributed by atoms with Crippen LogP contribution in [-0.2, 0) is 11.2 Å². The van der Waals surface area contributed by atoms with Crippen LogP contribution in [0.3, 0.4) is 0 Å². The van der Waals surface area contributed by atoms with E-state index >= 15 is 0 Å². The van der Waals surface area contributed by atoms with Crippen LogP contribution < -0.4 is 5.73 Å². The lowest BCUT2D eigenvalue weighted by atomic mass is 10.1. The van der Waals surface area contributed by atoms with E-state index in [4.69, 9.17) is 10.5 Å². The van der Waals surface area contributed by atoms with Gasteiger partial charge in [-0.15, -0.1) is 11.3 Å². The normalized spacial score (nSPS) is 10.8. The Morgan fingerprint density at radius 2 is 2.29 bits per heavy atom. The zero-order valence-corrected chi connectivity index (χ0v) is 10.9. The molecule has 17 heavy (non-hydrogen) atoms. The Bertz CT molecular complexity index is 590. The molecule has 0 spiro atoms. The van der Waals surface area contributed by atoms with E-state index in [9.17, 15) is 4.79 Å². The summed E-state index contributed by atoms with van der Waals surface area (Å²) < 4.78 is 4.70. The number of carbonyl (C=O) groups is 1. The maximum Gasteiger partial charge on any atom is 0.350 e. The third-order valence-electron chi connectivity index (χ3n) is 2.77. The molecule has 5 heteroatoms. The number of thiophene rings is 1. The Morgan fingerprint density at radius 3 is 2.88 bits per heavy atom. The van der Waals surface area contributed by atoms with E-state index in [1.54, 1.807) is 0 Å². The highest BCUT2D eigenvalue weighted by molar-refractivity contribution is 7.21. The quantitative estimate of drug-likeness (QED) is 0.832. The molecule has 0 aliphatic carbocycles. The minimum atomic E-state index is -0.402. The average Bonchev–Trinajstić information content (AvgIpc) is 2.64. The average molecular weight is 250 g/mol. The van der Waals surface area contributed by atoms with Crippen molar-refractivity contribution in [3.63, 3.8) is 0 Å². The molecule has 2 heterocycles. The number of methoxy groups -OCH3 is 1. The highest BCUT2D eigenvalue weighted by atomic mass is 32.1. The smallest absolute Gasteiger partial charge is 0.350 e. The van der Waals surface area contributed by atoms with Crippen molar-refractivity contribution in [3.05, 3.63) is 22.2 Å². The van der Waals surface area contributed by atoms with Crippen molar-refractivity contribution in [2.45, 2.75) is 20.3 Å². The van der Waals surface area contributed by atoms with Gasteiger partial charge in [-0.1, -0.05) is 6.92 Å². The molecule has 0 aromatic carbocycles. The van der Waals surface area contributed by atoms with Crippen molar-refractivity contribution in [3.8, 4) is 0 Å². The summed E-state index contributed by atoms with van der Waals surface area (Å²) in [7, 11) is 1.35. The molecule has 4 nitrogen and oxygen atoms in total. The maximum atomic E-state index is 11.5. The summed E-state index contributed by atoms with van der Waals surface area (Å²) in [6.45, 7) is 4.03. The first-order valence-corrected chi connectivity index (χ1v) is 6.17. The zero-order chi connectivity index (χ0) is 12.6. The van der Waals surface area contributed by atoms with Gasteiger partial charge in [-0.3, -0.25) is 0 Å². The Hall–Kier alpha value is -1.62. The summed E-state index contributed by atoms with van der Waals surface area (Å²) in [5.41, 5.74) is 8.57. The van der Waals surface area contributed by atoms with Crippen LogP contribution in [0.5, 0.6) is 0 Å². The summed E-state index contributed by atoms with van der Waals surface area (Å²) in [6.07, 6.45) is 0.900. The molecule has 0 aliphatic heterocycles. The highest BCUT2D eigenvalue weighted by Gasteiger charge is 2.18. The van der Waals surface area contributed by atoms with Gasteiger partial charge in [0.25, 0.3) is 0 Å². The second-order valence-electron chi connectivity index (χ2n) is 3.78. The Balaban J connectivity index is 2.70. The molecule has 2 aromatic rings. The second-order valence-corrected chi connectivity index (χ2v) is 4.77. The standard InChI is InChI=1S/C12H14N2O2S/c1-4-7-5-8-9(13)10(12(15)16-3)17-11(8)14-6(7)2/h5H,4,13H2,1-3H3. The number of nitrogens with zero attached hydrogens (tertiary/aromatic N) is 1. The predicted octanol–water partition coefficient (Wildman–Crippen LogP) is 2.54. The lowest BCUT2D eigenvalue weighted by molar-refractivity contribution is 0.0607. The van der Waals surface area contributed by atoms with Crippen molar-refractivity contribution >= 4 is 33.2 Å². The number of hydrogen-bond acceptors (Lipinski definition) is 5. The molecule has 2 aromatic heterocycles. The van der Waals surface area contributed by atoms with E-state index < -0.39 is 5.97 Å². The van der Waals surface area contributed by atoms with Crippen LogP contribution in [0.4, 0.5) is 5.69 Å². The number of nitrogens with two attached hydrogens (primary N) is 1. The van der Waals surface area contributed by atoms with Gasteiger partial charge < -0.3 is 10.5 Å². The molecule has 0 saturated carbocycles. The number of nitrogen functional groups attached to an aromatic ring is 1. The number of esters is 1. The largest absolute Gasteiger partial charge is 0.465 e. The van der Waals surface area contributed by atoms with E-state index in [-0.39, 0.29) is 0 Å². The van der Waals surface area contributed by atoms with Gasteiger partial charge in [-0.25, -0.2) is 9.78 Å². The molecule has 0 amide bonds. The van der Waals surface area contributed by atoms with Crippen LogP contribution in [0.1, 0.15) is 27.9 Å². The van der Waals surface area contributed by atoms with E-state index in [1.807, 2.05) is 13.0 Å². The van der Waals surface area contributed by atoms with Crippen LogP contribution in [0.15, 0.2) is 6.07 Å². The van der Waals surface area contributed by atoms with Gasteiger partial charge in [0.15, 0.2) is 0 Å². The topological polar surface area (TPSA) is 65.2 Å². The number of rotatable bonds is 2. The molecule has 0 bridgehead atoms. The molecular formula is C12H14N2O2S. The third-order valence-corrected chi connectivity index (χ3v) is 3.86. The molecule has 0 radical (unpaired) electrons. The third kappa shape index (κ3) is 1.86. The van der Waals surface area contributed by atoms with Crippen LogP contribution >= 0.6 is 11.3 Å². The number of aryl methyl sites for hydroxylation is 2. The minimum Gasteiger partial charge on any atom is -0.465 e. The first kappa shape index (κ1) is 11.9. The number of carbonyl (C=O) groups excluding carboxylic acids is 1. The van der Waals surface area contributed by atoms with Crippen molar-refractivity contribution in [2.24, 2.45) is 0 Å². The number of aromatic nitrogens is 1. The van der Waals surface area contributed by atoms with Crippen LogP contribution in [-0.4, -0.2) is 18.1 Å². The molecule has 0 saturated heterocycles. The fraction of sp³-hybridized carbons (Fsp3) is 0.333. The number of fused-ring (bicyclic) bond motifs is 1. The summed E-state index contributed by atoms with van der Waals surface area (Å²) in [6, 6.07) is 2.01. The molecule has 0 aliphatic rings. The molecule has 2 N–H and O–H groups in total. The molecule has 0 fully saturated rings. The van der Waals surface area contributed by atoms with Gasteiger partial charge in [0, 0.05) is 11.1 Å². The molecular weight excluding hydrogens is 236 g/mol. The number of ether oxygens (including phenoxy) is 1. The SMILES string of the molecule is CCc1cc2c(N)c(C(=O)OC)sc2nc1C. The van der Waals surface area contributed by atoms with Gasteiger partial charge in [-0.2, -0.15) is 0 Å². The van der Waals surface area contributed by atoms with E-state index in [0.29, 0.717) is 10.6 Å². The summed E-state index contributed by atoms with van der Waals surface area (Å²) in [5.74, 6) is -0.402.